The lowest BCUT2D eigenvalue weighted by Crippen LogP contribution is -2.43. The van der Waals surface area contributed by atoms with Gasteiger partial charge in [-0.05, 0) is 24.3 Å². The fourth-order valence-electron chi connectivity index (χ4n) is 3.62. The summed E-state index contributed by atoms with van der Waals surface area (Å²) in [4.78, 5) is 34.4. The Morgan fingerprint density at radius 1 is 1.03 bits per heavy atom. The molecule has 0 radical (unpaired) electrons. The molecule has 0 aliphatic heterocycles. The molecule has 3 heterocycles. The summed E-state index contributed by atoms with van der Waals surface area (Å²) >= 11 is 13.4. The highest BCUT2D eigenvalue weighted by Crippen LogP contribution is 2.29. The van der Waals surface area contributed by atoms with Gasteiger partial charge < -0.3 is 5.32 Å². The lowest BCUT2D eigenvalue weighted by molar-refractivity contribution is 0.551. The van der Waals surface area contributed by atoms with Crippen LogP contribution in [0.15, 0.2) is 50.9 Å². The van der Waals surface area contributed by atoms with Crippen LogP contribution in [-0.4, -0.2) is 28.9 Å². The van der Waals surface area contributed by atoms with E-state index in [1.807, 2.05) is 0 Å². The van der Waals surface area contributed by atoms with Gasteiger partial charge in [-0.2, -0.15) is 10.1 Å². The first kappa shape index (κ1) is 24.1. The molecule has 0 saturated carbocycles. The van der Waals surface area contributed by atoms with Crippen molar-refractivity contribution in [3.8, 4) is 0 Å². The minimum Gasteiger partial charge on any atom is -0.324 e. The molecule has 0 bridgehead atoms. The third-order valence-electron chi connectivity index (χ3n) is 5.33. The Labute approximate surface area is 215 Å². The van der Waals surface area contributed by atoms with E-state index in [2.05, 4.69) is 20.4 Å². The van der Waals surface area contributed by atoms with Gasteiger partial charge in [0, 0.05) is 29.6 Å². The SMILES string of the molecule is Cn1cc2cc(Nc3nc(=O)n(Cc4cscn4)c(=O)n3Cc3cc(F)c(Cl)cc3F)c(Cl)cc2n1. The van der Waals surface area contributed by atoms with E-state index in [1.165, 1.54) is 11.3 Å². The zero-order valence-corrected chi connectivity index (χ0v) is 20.7. The second-order valence-electron chi connectivity index (χ2n) is 7.83. The smallest absolute Gasteiger partial charge is 0.324 e. The molecule has 9 nitrogen and oxygen atoms in total. The summed E-state index contributed by atoms with van der Waals surface area (Å²) in [7, 11) is 1.75. The van der Waals surface area contributed by atoms with Gasteiger partial charge in [0.2, 0.25) is 5.95 Å². The molecule has 36 heavy (non-hydrogen) atoms. The lowest BCUT2D eigenvalue weighted by atomic mass is 10.2. The standard InChI is InChI=1S/C22H15Cl2F2N7O2S/c1-31-6-12-3-19(15(24)5-18(12)30-31)28-20-29-21(34)33(8-13-9-36-10-27-13)22(35)32(20)7-11-2-17(26)14(23)4-16(11)25/h2-6,9-10H,7-8H2,1H3,(H,28,29,34). The van der Waals surface area contributed by atoms with Gasteiger partial charge in [-0.1, -0.05) is 23.2 Å². The van der Waals surface area contributed by atoms with Gasteiger partial charge in [-0.3, -0.25) is 9.25 Å². The number of aromatic nitrogens is 6. The van der Waals surface area contributed by atoms with Crippen LogP contribution < -0.4 is 16.7 Å². The van der Waals surface area contributed by atoms with Crippen LogP contribution in [0, 0.1) is 11.6 Å². The molecule has 0 fully saturated rings. The molecular weight excluding hydrogens is 535 g/mol. The largest absolute Gasteiger partial charge is 0.355 e. The molecule has 5 aromatic rings. The Kier molecular flexibility index (Phi) is 6.33. The zero-order valence-electron chi connectivity index (χ0n) is 18.4. The summed E-state index contributed by atoms with van der Waals surface area (Å²) in [6.07, 6.45) is 1.76. The summed E-state index contributed by atoms with van der Waals surface area (Å²) in [5.41, 5.74) is 1.17. The first-order chi connectivity index (χ1) is 17.2. The molecule has 0 amide bonds. The molecule has 0 unspecified atom stereocenters. The normalized spacial score (nSPS) is 11.4. The first-order valence-corrected chi connectivity index (χ1v) is 12.0. The van der Waals surface area contributed by atoms with Crippen molar-refractivity contribution in [2.75, 3.05) is 5.32 Å². The second-order valence-corrected chi connectivity index (χ2v) is 9.36. The van der Waals surface area contributed by atoms with Gasteiger partial charge in [0.25, 0.3) is 0 Å². The number of thiazole rings is 1. The Balaban J connectivity index is 1.65. The van der Waals surface area contributed by atoms with Gasteiger partial charge in [0.05, 0.1) is 45.5 Å². The van der Waals surface area contributed by atoms with Crippen molar-refractivity contribution in [1.29, 1.82) is 0 Å². The van der Waals surface area contributed by atoms with Crippen molar-refractivity contribution in [3.05, 3.63) is 95.3 Å². The van der Waals surface area contributed by atoms with E-state index in [0.29, 0.717) is 16.9 Å². The quantitative estimate of drug-likeness (QED) is 0.319. The summed E-state index contributed by atoms with van der Waals surface area (Å²) in [5, 5.41) is 9.44. The number of aryl methyl sites for hydroxylation is 1. The maximum absolute atomic E-state index is 14.6. The van der Waals surface area contributed by atoms with Crippen LogP contribution in [0.25, 0.3) is 10.9 Å². The number of hydrogen-bond donors (Lipinski definition) is 1. The van der Waals surface area contributed by atoms with E-state index in [-0.39, 0.29) is 23.1 Å². The van der Waals surface area contributed by atoms with Crippen molar-refractivity contribution in [2.45, 2.75) is 13.1 Å². The number of rotatable bonds is 6. The van der Waals surface area contributed by atoms with Crippen molar-refractivity contribution >= 4 is 57.1 Å². The zero-order chi connectivity index (χ0) is 25.6. The minimum absolute atomic E-state index is 0.145. The fraction of sp³-hybridized carbons (Fsp3) is 0.136. The highest BCUT2D eigenvalue weighted by Gasteiger charge is 2.19. The predicted octanol–water partition coefficient (Wildman–Crippen LogP) is 4.17. The lowest BCUT2D eigenvalue weighted by Gasteiger charge is -2.16. The molecule has 0 atom stereocenters. The molecular formula is C22H15Cl2F2N7O2S. The Hall–Kier alpha value is -3.61. The highest BCUT2D eigenvalue weighted by atomic mass is 35.5. The maximum atomic E-state index is 14.6. The summed E-state index contributed by atoms with van der Waals surface area (Å²) < 4.78 is 32.2. The van der Waals surface area contributed by atoms with E-state index in [1.54, 1.807) is 40.9 Å². The molecule has 0 saturated heterocycles. The molecule has 2 aromatic carbocycles. The van der Waals surface area contributed by atoms with Crippen LogP contribution in [0.3, 0.4) is 0 Å². The summed E-state index contributed by atoms with van der Waals surface area (Å²) in [5.74, 6) is -1.89. The van der Waals surface area contributed by atoms with Crippen molar-refractivity contribution < 1.29 is 8.78 Å². The number of halogens is 4. The van der Waals surface area contributed by atoms with Crippen LogP contribution in [0.1, 0.15) is 11.3 Å². The van der Waals surface area contributed by atoms with Crippen LogP contribution in [0.4, 0.5) is 20.4 Å². The van der Waals surface area contributed by atoms with Crippen molar-refractivity contribution in [1.82, 2.24) is 28.9 Å². The fourth-order valence-corrected chi connectivity index (χ4v) is 4.53. The average Bonchev–Trinajstić information content (AvgIpc) is 3.46. The Morgan fingerprint density at radius 2 is 1.83 bits per heavy atom. The molecule has 1 N–H and O–H groups in total. The van der Waals surface area contributed by atoms with Gasteiger partial charge in [0.1, 0.15) is 11.6 Å². The number of fused-ring (bicyclic) bond motifs is 1. The van der Waals surface area contributed by atoms with Gasteiger partial charge in [-0.25, -0.2) is 27.9 Å². The Bertz CT molecular complexity index is 1730. The Morgan fingerprint density at radius 3 is 2.58 bits per heavy atom. The molecule has 184 valence electrons. The number of nitrogens with one attached hydrogen (secondary N) is 1. The maximum Gasteiger partial charge on any atom is 0.355 e. The van der Waals surface area contributed by atoms with E-state index in [0.717, 1.165) is 26.7 Å². The summed E-state index contributed by atoms with van der Waals surface area (Å²) in [6.45, 7) is -0.591. The number of hydrogen-bond acceptors (Lipinski definition) is 7. The van der Waals surface area contributed by atoms with Gasteiger partial charge in [0.15, 0.2) is 0 Å². The van der Waals surface area contributed by atoms with Crippen LogP contribution in [0.5, 0.6) is 0 Å². The van der Waals surface area contributed by atoms with E-state index in [9.17, 15) is 18.4 Å². The van der Waals surface area contributed by atoms with Crippen LogP contribution in [0.2, 0.25) is 10.0 Å². The third-order valence-corrected chi connectivity index (χ3v) is 6.56. The van der Waals surface area contributed by atoms with Crippen LogP contribution >= 0.6 is 34.5 Å². The predicted molar refractivity (Wildman–Crippen MR) is 133 cm³/mol. The number of nitrogens with zero attached hydrogens (tertiary/aromatic N) is 6. The van der Waals surface area contributed by atoms with Gasteiger partial charge in [-0.15, -0.1) is 11.3 Å². The molecule has 5 rings (SSSR count). The molecule has 0 aliphatic carbocycles. The minimum atomic E-state index is -0.857. The number of benzene rings is 2. The average molecular weight is 550 g/mol. The molecule has 0 spiro atoms. The molecule has 14 heteroatoms. The van der Waals surface area contributed by atoms with E-state index < -0.39 is 34.6 Å². The first-order valence-electron chi connectivity index (χ1n) is 10.3. The molecule has 3 aromatic heterocycles. The summed E-state index contributed by atoms with van der Waals surface area (Å²) in [6, 6.07) is 4.98. The monoisotopic (exact) mass is 549 g/mol. The molecule has 0 aliphatic rings. The highest BCUT2D eigenvalue weighted by molar-refractivity contribution is 7.07. The van der Waals surface area contributed by atoms with E-state index >= 15 is 0 Å². The second kappa shape index (κ2) is 9.45. The number of anilines is 2. The van der Waals surface area contributed by atoms with Crippen LogP contribution in [-0.2, 0) is 20.1 Å². The third kappa shape index (κ3) is 4.62. The topological polar surface area (TPSA) is 99.6 Å². The van der Waals surface area contributed by atoms with Crippen molar-refractivity contribution in [2.24, 2.45) is 7.05 Å². The van der Waals surface area contributed by atoms with E-state index in [4.69, 9.17) is 23.2 Å². The van der Waals surface area contributed by atoms with Gasteiger partial charge >= 0.3 is 11.4 Å². The van der Waals surface area contributed by atoms with Crippen molar-refractivity contribution in [3.63, 3.8) is 0 Å².